The predicted molar refractivity (Wildman–Crippen MR) is 68.8 cm³/mol. The van der Waals surface area contributed by atoms with Crippen LogP contribution in [0.3, 0.4) is 0 Å². The summed E-state index contributed by atoms with van der Waals surface area (Å²) in [6.45, 7) is 3.62. The van der Waals surface area contributed by atoms with E-state index < -0.39 is 6.10 Å². The molecule has 0 spiro atoms. The third-order valence-corrected chi connectivity index (χ3v) is 2.75. The van der Waals surface area contributed by atoms with Gasteiger partial charge in [-0.2, -0.15) is 0 Å². The monoisotopic (exact) mass is 305 g/mol. The Labute approximate surface area is 109 Å². The van der Waals surface area contributed by atoms with Gasteiger partial charge < -0.3 is 15.2 Å². The van der Waals surface area contributed by atoms with E-state index in [4.69, 9.17) is 4.74 Å². The summed E-state index contributed by atoms with van der Waals surface area (Å²) >= 11 is 3.07. The summed E-state index contributed by atoms with van der Waals surface area (Å²) in [4.78, 5) is 0. The van der Waals surface area contributed by atoms with Crippen LogP contribution in [0.1, 0.15) is 13.3 Å². The fourth-order valence-corrected chi connectivity index (χ4v) is 1.62. The van der Waals surface area contributed by atoms with Crippen LogP contribution in [0.2, 0.25) is 0 Å². The van der Waals surface area contributed by atoms with Crippen molar-refractivity contribution in [2.24, 2.45) is 0 Å². The molecule has 17 heavy (non-hydrogen) atoms. The van der Waals surface area contributed by atoms with Gasteiger partial charge in [0.25, 0.3) is 0 Å². The highest BCUT2D eigenvalue weighted by atomic mass is 79.9. The van der Waals surface area contributed by atoms with Crippen LogP contribution in [0, 0.1) is 5.82 Å². The maximum Gasteiger partial charge on any atom is 0.137 e. The standard InChI is InChI=1S/C12H17BrFNO2/c1-2-5-15-7-9(16)8-17-10-3-4-12(14)11(13)6-10/h3-4,6,9,15-16H,2,5,7-8H2,1H3. The maximum atomic E-state index is 12.9. The summed E-state index contributed by atoms with van der Waals surface area (Å²) in [6.07, 6.45) is 0.462. The van der Waals surface area contributed by atoms with Gasteiger partial charge in [0.05, 0.1) is 4.47 Å². The number of aliphatic hydroxyl groups excluding tert-OH is 1. The Bertz CT molecular complexity index is 349. The van der Waals surface area contributed by atoms with Crippen LogP contribution in [0.15, 0.2) is 22.7 Å². The number of rotatable bonds is 7. The molecule has 5 heteroatoms. The van der Waals surface area contributed by atoms with Gasteiger partial charge in [-0.05, 0) is 47.1 Å². The molecule has 0 aliphatic heterocycles. The summed E-state index contributed by atoms with van der Waals surface area (Å²) in [5.74, 6) is 0.204. The van der Waals surface area contributed by atoms with Gasteiger partial charge in [-0.15, -0.1) is 0 Å². The number of nitrogens with one attached hydrogen (secondary N) is 1. The van der Waals surface area contributed by atoms with Crippen LogP contribution >= 0.6 is 15.9 Å². The lowest BCUT2D eigenvalue weighted by molar-refractivity contribution is 0.106. The van der Waals surface area contributed by atoms with Crippen LogP contribution in [-0.4, -0.2) is 30.9 Å². The van der Waals surface area contributed by atoms with Gasteiger partial charge in [-0.25, -0.2) is 4.39 Å². The van der Waals surface area contributed by atoms with E-state index in [1.807, 2.05) is 0 Å². The van der Waals surface area contributed by atoms with E-state index in [1.54, 1.807) is 6.07 Å². The van der Waals surface area contributed by atoms with E-state index in [0.29, 0.717) is 16.8 Å². The molecule has 2 N–H and O–H groups in total. The minimum atomic E-state index is -0.564. The largest absolute Gasteiger partial charge is 0.491 e. The third-order valence-electron chi connectivity index (χ3n) is 2.14. The van der Waals surface area contributed by atoms with Crippen molar-refractivity contribution < 1.29 is 14.2 Å². The highest BCUT2D eigenvalue weighted by Crippen LogP contribution is 2.21. The second-order valence-electron chi connectivity index (χ2n) is 3.74. The molecule has 0 saturated heterocycles. The van der Waals surface area contributed by atoms with Crippen molar-refractivity contribution >= 4 is 15.9 Å². The summed E-state index contributed by atoms with van der Waals surface area (Å²) in [7, 11) is 0. The van der Waals surface area contributed by atoms with Gasteiger partial charge in [0.2, 0.25) is 0 Å². The highest BCUT2D eigenvalue weighted by Gasteiger charge is 2.06. The molecule has 1 unspecified atom stereocenters. The first-order chi connectivity index (χ1) is 8.13. The van der Waals surface area contributed by atoms with Gasteiger partial charge in [0.1, 0.15) is 24.3 Å². The van der Waals surface area contributed by atoms with E-state index in [2.05, 4.69) is 28.2 Å². The second kappa shape index (κ2) is 7.63. The molecule has 0 aliphatic rings. The zero-order valence-electron chi connectivity index (χ0n) is 9.75. The van der Waals surface area contributed by atoms with E-state index in [0.717, 1.165) is 13.0 Å². The lowest BCUT2D eigenvalue weighted by atomic mass is 10.3. The van der Waals surface area contributed by atoms with Crippen LogP contribution in [0.25, 0.3) is 0 Å². The van der Waals surface area contributed by atoms with Gasteiger partial charge in [-0.3, -0.25) is 0 Å². The molecule has 0 heterocycles. The smallest absolute Gasteiger partial charge is 0.137 e. The predicted octanol–water partition coefficient (Wildman–Crippen LogP) is 2.33. The van der Waals surface area contributed by atoms with Gasteiger partial charge in [0, 0.05) is 6.54 Å². The average Bonchev–Trinajstić information content (AvgIpc) is 2.31. The Balaban J connectivity index is 2.31. The number of hydrogen-bond donors (Lipinski definition) is 2. The van der Waals surface area contributed by atoms with Crippen molar-refractivity contribution in [1.29, 1.82) is 0 Å². The zero-order chi connectivity index (χ0) is 12.7. The third kappa shape index (κ3) is 5.48. The Morgan fingerprint density at radius 2 is 2.29 bits per heavy atom. The van der Waals surface area contributed by atoms with Gasteiger partial charge in [-0.1, -0.05) is 6.92 Å². The molecule has 0 aromatic heterocycles. The molecule has 96 valence electrons. The summed E-state index contributed by atoms with van der Waals surface area (Å²) in [5, 5.41) is 12.7. The molecular formula is C12H17BrFNO2. The summed E-state index contributed by atoms with van der Waals surface area (Å²) in [6, 6.07) is 4.40. The first-order valence-corrected chi connectivity index (χ1v) is 6.39. The van der Waals surface area contributed by atoms with Gasteiger partial charge in [0.15, 0.2) is 0 Å². The van der Waals surface area contributed by atoms with E-state index in [-0.39, 0.29) is 12.4 Å². The Hall–Kier alpha value is -0.650. The van der Waals surface area contributed by atoms with Crippen LogP contribution < -0.4 is 10.1 Å². The molecule has 3 nitrogen and oxygen atoms in total. The molecule has 1 rings (SSSR count). The van der Waals surface area contributed by atoms with Crippen molar-refractivity contribution in [3.05, 3.63) is 28.5 Å². The molecular weight excluding hydrogens is 289 g/mol. The quantitative estimate of drug-likeness (QED) is 0.760. The van der Waals surface area contributed by atoms with Gasteiger partial charge >= 0.3 is 0 Å². The molecule has 0 bridgehead atoms. The molecule has 1 aromatic rings. The number of benzene rings is 1. The maximum absolute atomic E-state index is 12.9. The summed E-state index contributed by atoms with van der Waals surface area (Å²) < 4.78 is 18.6. The Morgan fingerprint density at radius 3 is 2.94 bits per heavy atom. The fraction of sp³-hybridized carbons (Fsp3) is 0.500. The van der Waals surface area contributed by atoms with Crippen LogP contribution in [0.5, 0.6) is 5.75 Å². The highest BCUT2D eigenvalue weighted by molar-refractivity contribution is 9.10. The van der Waals surface area contributed by atoms with Crippen molar-refractivity contribution in [2.75, 3.05) is 19.7 Å². The molecule has 0 aliphatic carbocycles. The molecule has 0 saturated carbocycles. The zero-order valence-corrected chi connectivity index (χ0v) is 11.3. The number of halogens is 2. The molecule has 1 aromatic carbocycles. The number of aliphatic hydroxyl groups is 1. The average molecular weight is 306 g/mol. The SMILES string of the molecule is CCCNCC(O)COc1ccc(F)c(Br)c1. The summed E-state index contributed by atoms with van der Waals surface area (Å²) in [5.41, 5.74) is 0. The topological polar surface area (TPSA) is 41.5 Å². The van der Waals surface area contributed by atoms with Crippen molar-refractivity contribution in [2.45, 2.75) is 19.4 Å². The minimum absolute atomic E-state index is 0.189. The van der Waals surface area contributed by atoms with E-state index >= 15 is 0 Å². The number of ether oxygens (including phenoxy) is 1. The lowest BCUT2D eigenvalue weighted by Gasteiger charge is -2.13. The fourth-order valence-electron chi connectivity index (χ4n) is 1.26. The van der Waals surface area contributed by atoms with Crippen molar-refractivity contribution in [3.63, 3.8) is 0 Å². The Kier molecular flexibility index (Phi) is 6.47. The molecule has 1 atom stereocenters. The van der Waals surface area contributed by atoms with Crippen molar-refractivity contribution in [1.82, 2.24) is 5.32 Å². The Morgan fingerprint density at radius 1 is 1.53 bits per heavy atom. The number of hydrogen-bond acceptors (Lipinski definition) is 3. The van der Waals surface area contributed by atoms with Crippen LogP contribution in [-0.2, 0) is 0 Å². The lowest BCUT2D eigenvalue weighted by Crippen LogP contribution is -2.31. The van der Waals surface area contributed by atoms with Crippen molar-refractivity contribution in [3.8, 4) is 5.75 Å². The normalized spacial score (nSPS) is 12.5. The van der Waals surface area contributed by atoms with E-state index in [1.165, 1.54) is 12.1 Å². The molecule has 0 amide bonds. The second-order valence-corrected chi connectivity index (χ2v) is 4.60. The molecule has 0 fully saturated rings. The molecule has 0 radical (unpaired) electrons. The first-order valence-electron chi connectivity index (χ1n) is 5.60. The van der Waals surface area contributed by atoms with E-state index in [9.17, 15) is 9.50 Å². The van der Waals surface area contributed by atoms with Crippen LogP contribution in [0.4, 0.5) is 4.39 Å². The minimum Gasteiger partial charge on any atom is -0.491 e. The first kappa shape index (κ1) is 14.4.